The summed E-state index contributed by atoms with van der Waals surface area (Å²) in [6, 6.07) is 1.67. The van der Waals surface area contributed by atoms with Crippen molar-refractivity contribution in [2.45, 2.75) is 32.4 Å². The molecule has 0 radical (unpaired) electrons. The normalized spacial score (nSPS) is 18.7. The molecule has 2 rings (SSSR count). The Morgan fingerprint density at radius 1 is 1.50 bits per heavy atom. The third-order valence-electron chi connectivity index (χ3n) is 3.63. The summed E-state index contributed by atoms with van der Waals surface area (Å²) in [7, 11) is 1.73. The molecule has 6 nitrogen and oxygen atoms in total. The number of hydrogen-bond acceptors (Lipinski definition) is 5. The van der Waals surface area contributed by atoms with Gasteiger partial charge >= 0.3 is 0 Å². The SMILES string of the molecule is CCCNCCn1ncc(N2CCC(OC)C2)cc1=O. The van der Waals surface area contributed by atoms with Crippen molar-refractivity contribution in [1.29, 1.82) is 0 Å². The van der Waals surface area contributed by atoms with Gasteiger partial charge in [-0.2, -0.15) is 5.10 Å². The average Bonchev–Trinajstić information content (AvgIpc) is 2.94. The lowest BCUT2D eigenvalue weighted by Crippen LogP contribution is -2.30. The van der Waals surface area contributed by atoms with Gasteiger partial charge in [0, 0.05) is 32.8 Å². The van der Waals surface area contributed by atoms with Gasteiger partial charge in [-0.05, 0) is 19.4 Å². The van der Waals surface area contributed by atoms with Crippen LogP contribution in [0.3, 0.4) is 0 Å². The Balaban J connectivity index is 1.94. The number of rotatable bonds is 7. The van der Waals surface area contributed by atoms with Crippen LogP contribution in [-0.4, -0.2) is 49.2 Å². The molecule has 1 saturated heterocycles. The van der Waals surface area contributed by atoms with Crippen LogP contribution in [0.4, 0.5) is 5.69 Å². The van der Waals surface area contributed by atoms with Crippen LogP contribution < -0.4 is 15.8 Å². The minimum atomic E-state index is -0.0401. The van der Waals surface area contributed by atoms with Gasteiger partial charge in [-0.15, -0.1) is 0 Å². The zero-order valence-electron chi connectivity index (χ0n) is 12.3. The van der Waals surface area contributed by atoms with Crippen molar-refractivity contribution in [3.05, 3.63) is 22.6 Å². The number of hydrogen-bond donors (Lipinski definition) is 1. The molecule has 1 fully saturated rings. The van der Waals surface area contributed by atoms with Gasteiger partial charge in [-0.25, -0.2) is 4.68 Å². The molecule has 20 heavy (non-hydrogen) atoms. The van der Waals surface area contributed by atoms with Crippen LogP contribution in [0.1, 0.15) is 19.8 Å². The van der Waals surface area contributed by atoms with E-state index in [-0.39, 0.29) is 11.7 Å². The van der Waals surface area contributed by atoms with Crippen molar-refractivity contribution in [3.8, 4) is 0 Å². The summed E-state index contributed by atoms with van der Waals surface area (Å²) >= 11 is 0. The summed E-state index contributed by atoms with van der Waals surface area (Å²) in [5.74, 6) is 0. The highest BCUT2D eigenvalue weighted by Crippen LogP contribution is 2.18. The molecule has 0 aromatic carbocycles. The standard InChI is InChI=1S/C14H24N4O2/c1-3-5-15-6-8-18-14(19)9-12(10-16-18)17-7-4-13(11-17)20-2/h9-10,13,15H,3-8,11H2,1-2H3. The van der Waals surface area contributed by atoms with E-state index in [0.29, 0.717) is 6.54 Å². The molecular weight excluding hydrogens is 256 g/mol. The Morgan fingerprint density at radius 2 is 2.35 bits per heavy atom. The van der Waals surface area contributed by atoms with Gasteiger partial charge in [0.15, 0.2) is 0 Å². The largest absolute Gasteiger partial charge is 0.380 e. The highest BCUT2D eigenvalue weighted by molar-refractivity contribution is 5.44. The summed E-state index contributed by atoms with van der Waals surface area (Å²) in [6.07, 6.45) is 4.13. The summed E-state index contributed by atoms with van der Waals surface area (Å²) in [6.45, 7) is 6.23. The van der Waals surface area contributed by atoms with Gasteiger partial charge in [0.05, 0.1) is 24.5 Å². The van der Waals surface area contributed by atoms with Crippen molar-refractivity contribution in [3.63, 3.8) is 0 Å². The monoisotopic (exact) mass is 280 g/mol. The Morgan fingerprint density at radius 3 is 3.00 bits per heavy atom. The van der Waals surface area contributed by atoms with Crippen LogP contribution in [0, 0.1) is 0 Å². The van der Waals surface area contributed by atoms with Crippen LogP contribution in [0.25, 0.3) is 0 Å². The van der Waals surface area contributed by atoms with Crippen molar-refractivity contribution >= 4 is 5.69 Å². The van der Waals surface area contributed by atoms with Gasteiger partial charge < -0.3 is 15.0 Å². The van der Waals surface area contributed by atoms with Crippen LogP contribution >= 0.6 is 0 Å². The van der Waals surface area contributed by atoms with Gasteiger partial charge in [0.2, 0.25) is 0 Å². The number of ether oxygens (including phenoxy) is 1. The fourth-order valence-corrected chi connectivity index (χ4v) is 2.41. The van der Waals surface area contributed by atoms with Gasteiger partial charge in [-0.3, -0.25) is 4.79 Å². The summed E-state index contributed by atoms with van der Waals surface area (Å²) in [5.41, 5.74) is 0.856. The smallest absolute Gasteiger partial charge is 0.268 e. The van der Waals surface area contributed by atoms with Crippen LogP contribution in [0.15, 0.2) is 17.1 Å². The maximum atomic E-state index is 12.0. The molecule has 0 bridgehead atoms. The average molecular weight is 280 g/mol. The second kappa shape index (κ2) is 7.40. The Labute approximate surface area is 119 Å². The number of aromatic nitrogens is 2. The molecule has 1 unspecified atom stereocenters. The highest BCUT2D eigenvalue weighted by atomic mass is 16.5. The molecular formula is C14H24N4O2. The summed E-state index contributed by atoms with van der Waals surface area (Å²) in [5, 5.41) is 7.52. The highest BCUT2D eigenvalue weighted by Gasteiger charge is 2.22. The number of nitrogens with one attached hydrogen (secondary N) is 1. The zero-order valence-corrected chi connectivity index (χ0v) is 12.3. The van der Waals surface area contributed by atoms with E-state index in [4.69, 9.17) is 4.74 Å². The van der Waals surface area contributed by atoms with E-state index in [2.05, 4.69) is 22.2 Å². The second-order valence-electron chi connectivity index (χ2n) is 5.12. The lowest BCUT2D eigenvalue weighted by molar-refractivity contribution is 0.121. The summed E-state index contributed by atoms with van der Waals surface area (Å²) < 4.78 is 6.85. The van der Waals surface area contributed by atoms with E-state index >= 15 is 0 Å². The molecule has 1 aromatic rings. The van der Waals surface area contributed by atoms with Crippen molar-refractivity contribution in [2.75, 3.05) is 38.2 Å². The van der Waals surface area contributed by atoms with E-state index in [1.165, 1.54) is 4.68 Å². The van der Waals surface area contributed by atoms with E-state index in [0.717, 1.165) is 44.7 Å². The first kappa shape index (κ1) is 15.0. The predicted molar refractivity (Wildman–Crippen MR) is 79.3 cm³/mol. The molecule has 1 N–H and O–H groups in total. The molecule has 0 amide bonds. The minimum Gasteiger partial charge on any atom is -0.380 e. The van der Waals surface area contributed by atoms with E-state index < -0.39 is 0 Å². The fourth-order valence-electron chi connectivity index (χ4n) is 2.41. The number of anilines is 1. The first-order chi connectivity index (χ1) is 9.74. The fraction of sp³-hybridized carbons (Fsp3) is 0.714. The molecule has 1 aromatic heterocycles. The maximum absolute atomic E-state index is 12.0. The molecule has 1 atom stereocenters. The lowest BCUT2D eigenvalue weighted by atomic mass is 10.3. The molecule has 0 aliphatic carbocycles. The molecule has 1 aliphatic heterocycles. The maximum Gasteiger partial charge on any atom is 0.268 e. The molecule has 2 heterocycles. The molecule has 6 heteroatoms. The van der Waals surface area contributed by atoms with Crippen molar-refractivity contribution in [1.82, 2.24) is 15.1 Å². The van der Waals surface area contributed by atoms with Gasteiger partial charge in [0.25, 0.3) is 5.56 Å². The molecule has 112 valence electrons. The lowest BCUT2D eigenvalue weighted by Gasteiger charge is -2.18. The van der Waals surface area contributed by atoms with Crippen molar-refractivity contribution < 1.29 is 4.74 Å². The van der Waals surface area contributed by atoms with E-state index in [9.17, 15) is 4.79 Å². The third-order valence-corrected chi connectivity index (χ3v) is 3.63. The van der Waals surface area contributed by atoms with Crippen LogP contribution in [-0.2, 0) is 11.3 Å². The van der Waals surface area contributed by atoms with E-state index in [1.807, 2.05) is 0 Å². The quantitative estimate of drug-likeness (QED) is 0.736. The molecule has 0 spiro atoms. The third kappa shape index (κ3) is 3.80. The van der Waals surface area contributed by atoms with Crippen molar-refractivity contribution in [2.24, 2.45) is 0 Å². The topological polar surface area (TPSA) is 59.4 Å². The predicted octanol–water partition coefficient (Wildman–Crippen LogP) is 0.468. The zero-order chi connectivity index (χ0) is 14.4. The minimum absolute atomic E-state index is 0.0401. The first-order valence-electron chi connectivity index (χ1n) is 7.30. The van der Waals surface area contributed by atoms with E-state index in [1.54, 1.807) is 19.4 Å². The first-order valence-corrected chi connectivity index (χ1v) is 7.30. The van der Waals surface area contributed by atoms with Crippen LogP contribution in [0.2, 0.25) is 0 Å². The molecule has 1 aliphatic rings. The number of methoxy groups -OCH3 is 1. The summed E-state index contributed by atoms with van der Waals surface area (Å²) in [4.78, 5) is 14.2. The Hall–Kier alpha value is -1.40. The number of nitrogens with zero attached hydrogens (tertiary/aromatic N) is 3. The van der Waals surface area contributed by atoms with Crippen LogP contribution in [0.5, 0.6) is 0 Å². The van der Waals surface area contributed by atoms with Gasteiger partial charge in [0.1, 0.15) is 0 Å². The Kier molecular flexibility index (Phi) is 5.55. The van der Waals surface area contributed by atoms with Gasteiger partial charge in [-0.1, -0.05) is 6.92 Å². The second-order valence-corrected chi connectivity index (χ2v) is 5.12. The molecule has 0 saturated carbocycles. The Bertz CT molecular complexity index is 474.